The van der Waals surface area contributed by atoms with Gasteiger partial charge in [0.05, 0.1) is 20.4 Å². The third kappa shape index (κ3) is 5.17. The topological polar surface area (TPSA) is 69.2 Å². The number of nitrogens with one attached hydrogen (secondary N) is 1. The summed E-state index contributed by atoms with van der Waals surface area (Å²) in [4.78, 5) is 16.2. The predicted octanol–water partition coefficient (Wildman–Crippen LogP) is 1.58. The second kappa shape index (κ2) is 8.79. The molecule has 1 amide bonds. The second-order valence-corrected chi connectivity index (χ2v) is 3.97. The van der Waals surface area contributed by atoms with Crippen LogP contribution in [0.15, 0.2) is 23.4 Å². The van der Waals surface area contributed by atoms with E-state index in [2.05, 4.69) is 10.5 Å². The number of amides is 1. The Hall–Kier alpha value is -2.24. The third-order valence-electron chi connectivity index (χ3n) is 2.47. The molecule has 0 aliphatic heterocycles. The van der Waals surface area contributed by atoms with Crippen LogP contribution in [0.1, 0.15) is 18.9 Å². The molecular weight excluding hydrogens is 260 g/mol. The van der Waals surface area contributed by atoms with Crippen LogP contribution >= 0.6 is 0 Å². The van der Waals surface area contributed by atoms with E-state index in [1.165, 1.54) is 6.21 Å². The molecule has 0 fully saturated rings. The molecular formula is C14H20N2O4. The summed E-state index contributed by atoms with van der Waals surface area (Å²) in [5, 5.41) is 6.44. The maximum Gasteiger partial charge on any atom is 0.260 e. The van der Waals surface area contributed by atoms with Crippen LogP contribution in [0.25, 0.3) is 0 Å². The highest BCUT2D eigenvalue weighted by Crippen LogP contribution is 2.22. The monoisotopic (exact) mass is 280 g/mol. The van der Waals surface area contributed by atoms with Crippen molar-refractivity contribution in [1.29, 1.82) is 0 Å². The van der Waals surface area contributed by atoms with Gasteiger partial charge in [0.15, 0.2) is 6.61 Å². The van der Waals surface area contributed by atoms with Crippen LogP contribution in [0.3, 0.4) is 0 Å². The lowest BCUT2D eigenvalue weighted by Gasteiger charge is -2.06. The Morgan fingerprint density at radius 3 is 2.80 bits per heavy atom. The molecule has 0 unspecified atom stereocenters. The van der Waals surface area contributed by atoms with Gasteiger partial charge in [-0.15, -0.1) is 0 Å². The Kier molecular flexibility index (Phi) is 6.95. The van der Waals surface area contributed by atoms with Gasteiger partial charge in [0, 0.05) is 12.1 Å². The smallest absolute Gasteiger partial charge is 0.260 e. The first-order valence-electron chi connectivity index (χ1n) is 6.35. The van der Waals surface area contributed by atoms with Crippen molar-refractivity contribution in [2.45, 2.75) is 13.3 Å². The first-order valence-corrected chi connectivity index (χ1v) is 6.35. The third-order valence-corrected chi connectivity index (χ3v) is 2.47. The molecule has 0 bridgehead atoms. The van der Waals surface area contributed by atoms with Gasteiger partial charge >= 0.3 is 0 Å². The molecule has 6 heteroatoms. The van der Waals surface area contributed by atoms with E-state index in [4.69, 9.17) is 14.3 Å². The molecule has 0 heterocycles. The van der Waals surface area contributed by atoms with Gasteiger partial charge in [-0.2, -0.15) is 0 Å². The minimum atomic E-state index is -0.193. The number of methoxy groups -OCH3 is 2. The van der Waals surface area contributed by atoms with Crippen molar-refractivity contribution in [1.82, 2.24) is 5.32 Å². The summed E-state index contributed by atoms with van der Waals surface area (Å²) in [6.45, 7) is 2.51. The van der Waals surface area contributed by atoms with Crippen molar-refractivity contribution >= 4 is 12.1 Å². The lowest BCUT2D eigenvalue weighted by atomic mass is 10.2. The van der Waals surface area contributed by atoms with E-state index in [1.807, 2.05) is 6.92 Å². The van der Waals surface area contributed by atoms with E-state index in [0.717, 1.165) is 6.42 Å². The predicted molar refractivity (Wildman–Crippen MR) is 76.4 cm³/mol. The molecule has 0 saturated heterocycles. The van der Waals surface area contributed by atoms with Crippen LogP contribution < -0.4 is 14.8 Å². The highest BCUT2D eigenvalue weighted by molar-refractivity contribution is 5.84. The molecule has 0 saturated carbocycles. The summed E-state index contributed by atoms with van der Waals surface area (Å²) in [5.41, 5.74) is 0.709. The lowest BCUT2D eigenvalue weighted by molar-refractivity contribution is -0.125. The minimum absolute atomic E-state index is 0.108. The number of oxime groups is 1. The lowest BCUT2D eigenvalue weighted by Crippen LogP contribution is -2.27. The fourth-order valence-corrected chi connectivity index (χ4v) is 1.45. The van der Waals surface area contributed by atoms with E-state index in [-0.39, 0.29) is 12.5 Å². The van der Waals surface area contributed by atoms with Crippen LogP contribution in [0.4, 0.5) is 0 Å². The average Bonchev–Trinajstić information content (AvgIpc) is 2.49. The second-order valence-electron chi connectivity index (χ2n) is 3.97. The molecule has 1 aromatic rings. The summed E-state index contributed by atoms with van der Waals surface area (Å²) in [6.07, 6.45) is 2.37. The number of hydrogen-bond acceptors (Lipinski definition) is 5. The molecule has 6 nitrogen and oxygen atoms in total. The number of hydrogen-bond donors (Lipinski definition) is 1. The van der Waals surface area contributed by atoms with Gasteiger partial charge in [0.25, 0.3) is 5.91 Å². The molecule has 0 aromatic heterocycles. The Morgan fingerprint density at radius 1 is 1.35 bits per heavy atom. The SMILES string of the molecule is CCCNC(=O)CO/N=C/c1cc(OC)ccc1OC. The van der Waals surface area contributed by atoms with Gasteiger partial charge in [-0.25, -0.2) is 0 Å². The maximum absolute atomic E-state index is 11.3. The van der Waals surface area contributed by atoms with Crippen molar-refractivity contribution in [3.8, 4) is 11.5 Å². The normalized spacial score (nSPS) is 10.3. The van der Waals surface area contributed by atoms with Crippen LogP contribution in [-0.2, 0) is 9.63 Å². The number of rotatable bonds is 8. The van der Waals surface area contributed by atoms with E-state index in [9.17, 15) is 4.79 Å². The standard InChI is InChI=1S/C14H20N2O4/c1-4-7-15-14(17)10-20-16-9-11-8-12(18-2)5-6-13(11)19-3/h5-6,8-9H,4,7,10H2,1-3H3,(H,15,17)/b16-9+. The highest BCUT2D eigenvalue weighted by Gasteiger charge is 2.03. The van der Waals surface area contributed by atoms with Gasteiger partial charge in [-0.1, -0.05) is 12.1 Å². The zero-order valence-corrected chi connectivity index (χ0v) is 12.0. The summed E-state index contributed by atoms with van der Waals surface area (Å²) in [7, 11) is 3.15. The summed E-state index contributed by atoms with van der Waals surface area (Å²) < 4.78 is 10.3. The zero-order valence-electron chi connectivity index (χ0n) is 12.0. The maximum atomic E-state index is 11.3. The zero-order chi connectivity index (χ0) is 14.8. The highest BCUT2D eigenvalue weighted by atomic mass is 16.6. The van der Waals surface area contributed by atoms with Crippen LogP contribution in [-0.4, -0.2) is 39.5 Å². The van der Waals surface area contributed by atoms with Gasteiger partial charge in [0.1, 0.15) is 11.5 Å². The van der Waals surface area contributed by atoms with Crippen molar-refractivity contribution in [3.63, 3.8) is 0 Å². The molecule has 0 aliphatic carbocycles. The fraction of sp³-hybridized carbons (Fsp3) is 0.429. The summed E-state index contributed by atoms with van der Waals surface area (Å²) in [5.74, 6) is 1.14. The van der Waals surface area contributed by atoms with E-state index < -0.39 is 0 Å². The minimum Gasteiger partial charge on any atom is -0.497 e. The Morgan fingerprint density at radius 2 is 2.15 bits per heavy atom. The molecule has 0 aliphatic rings. The van der Waals surface area contributed by atoms with E-state index in [0.29, 0.717) is 23.6 Å². The van der Waals surface area contributed by atoms with Crippen molar-refractivity contribution in [2.24, 2.45) is 5.16 Å². The van der Waals surface area contributed by atoms with Crippen LogP contribution in [0.5, 0.6) is 11.5 Å². The van der Waals surface area contributed by atoms with Crippen LogP contribution in [0, 0.1) is 0 Å². The molecule has 110 valence electrons. The number of carbonyl (C=O) groups is 1. The first kappa shape index (κ1) is 15.8. The van der Waals surface area contributed by atoms with Crippen molar-refractivity contribution < 1.29 is 19.1 Å². The summed E-state index contributed by atoms with van der Waals surface area (Å²) >= 11 is 0. The molecule has 20 heavy (non-hydrogen) atoms. The van der Waals surface area contributed by atoms with E-state index in [1.54, 1.807) is 32.4 Å². The van der Waals surface area contributed by atoms with Crippen LogP contribution in [0.2, 0.25) is 0 Å². The molecule has 0 spiro atoms. The first-order chi connectivity index (χ1) is 9.71. The quantitative estimate of drug-likeness (QED) is 0.580. The molecule has 0 atom stereocenters. The summed E-state index contributed by atoms with van der Waals surface area (Å²) in [6, 6.07) is 5.33. The number of ether oxygens (including phenoxy) is 2. The number of nitrogens with zero attached hydrogens (tertiary/aromatic N) is 1. The Bertz CT molecular complexity index is 460. The average molecular weight is 280 g/mol. The number of benzene rings is 1. The van der Waals surface area contributed by atoms with Crippen molar-refractivity contribution in [2.75, 3.05) is 27.4 Å². The Balaban J connectivity index is 2.54. The molecule has 1 N–H and O–H groups in total. The molecule has 0 radical (unpaired) electrons. The molecule has 1 aromatic carbocycles. The van der Waals surface area contributed by atoms with Gasteiger partial charge in [0.2, 0.25) is 0 Å². The fourth-order valence-electron chi connectivity index (χ4n) is 1.45. The van der Waals surface area contributed by atoms with Gasteiger partial charge in [-0.05, 0) is 24.6 Å². The molecule has 1 rings (SSSR count). The Labute approximate surface area is 118 Å². The number of carbonyl (C=O) groups excluding carboxylic acids is 1. The largest absolute Gasteiger partial charge is 0.497 e. The van der Waals surface area contributed by atoms with Gasteiger partial charge < -0.3 is 19.6 Å². The van der Waals surface area contributed by atoms with Crippen molar-refractivity contribution in [3.05, 3.63) is 23.8 Å². The van der Waals surface area contributed by atoms with E-state index >= 15 is 0 Å². The van der Waals surface area contributed by atoms with Gasteiger partial charge in [-0.3, -0.25) is 4.79 Å².